The van der Waals surface area contributed by atoms with Gasteiger partial charge in [0.1, 0.15) is 5.78 Å². The van der Waals surface area contributed by atoms with Gasteiger partial charge in [0.25, 0.3) is 0 Å². The van der Waals surface area contributed by atoms with E-state index in [1.165, 1.54) is 6.42 Å². The van der Waals surface area contributed by atoms with E-state index in [0.717, 1.165) is 25.7 Å². The number of aliphatic hydroxyl groups is 1. The largest absolute Gasteiger partial charge is 0.396 e. The summed E-state index contributed by atoms with van der Waals surface area (Å²) in [5, 5.41) is 9.58. The highest BCUT2D eigenvalue weighted by Gasteiger charge is 2.50. The zero-order chi connectivity index (χ0) is 13.1. The van der Waals surface area contributed by atoms with E-state index in [9.17, 15) is 9.90 Å². The van der Waals surface area contributed by atoms with Gasteiger partial charge >= 0.3 is 0 Å². The van der Waals surface area contributed by atoms with Crippen molar-refractivity contribution in [1.82, 2.24) is 0 Å². The van der Waals surface area contributed by atoms with E-state index in [1.807, 2.05) is 6.92 Å². The van der Waals surface area contributed by atoms with E-state index in [2.05, 4.69) is 20.8 Å². The fraction of sp³-hybridized carbons (Fsp3) is 0.933. The van der Waals surface area contributed by atoms with Crippen LogP contribution >= 0.6 is 0 Å². The number of hydrogen-bond donors (Lipinski definition) is 1. The van der Waals surface area contributed by atoms with Gasteiger partial charge in [-0.1, -0.05) is 27.7 Å². The second-order valence-corrected chi connectivity index (χ2v) is 6.46. The Balaban J connectivity index is 2.49. The fourth-order valence-corrected chi connectivity index (χ4v) is 3.18. The topological polar surface area (TPSA) is 37.3 Å². The molecule has 0 aromatic carbocycles. The molecule has 17 heavy (non-hydrogen) atoms. The lowest BCUT2D eigenvalue weighted by Crippen LogP contribution is -2.37. The molecule has 0 saturated heterocycles. The molecule has 1 rings (SSSR count). The van der Waals surface area contributed by atoms with Crippen molar-refractivity contribution in [3.05, 3.63) is 0 Å². The van der Waals surface area contributed by atoms with Crippen molar-refractivity contribution < 1.29 is 9.90 Å². The Morgan fingerprint density at radius 1 is 1.35 bits per heavy atom. The molecular weight excluding hydrogens is 212 g/mol. The van der Waals surface area contributed by atoms with Gasteiger partial charge in [0.2, 0.25) is 0 Å². The lowest BCUT2D eigenvalue weighted by Gasteiger charge is -2.40. The molecule has 1 N–H and O–H groups in total. The quantitative estimate of drug-likeness (QED) is 0.770. The maximum atomic E-state index is 11.3. The molecule has 0 aromatic rings. The Kier molecular flexibility index (Phi) is 4.77. The van der Waals surface area contributed by atoms with Crippen molar-refractivity contribution in [2.75, 3.05) is 6.61 Å². The first kappa shape index (κ1) is 14.7. The summed E-state index contributed by atoms with van der Waals surface area (Å²) in [6.07, 6.45) is 5.87. The van der Waals surface area contributed by atoms with Crippen molar-refractivity contribution in [3.8, 4) is 0 Å². The van der Waals surface area contributed by atoms with Crippen LogP contribution in [-0.4, -0.2) is 17.5 Å². The lowest BCUT2D eigenvalue weighted by atomic mass is 9.65. The molecule has 0 aromatic heterocycles. The molecule has 0 aliphatic heterocycles. The number of Topliss-reactive ketones (excluding diaryl/α,β-unsaturated/α-hetero) is 1. The number of rotatable bonds is 6. The highest BCUT2D eigenvalue weighted by atomic mass is 16.3. The molecule has 1 aliphatic carbocycles. The first-order valence-electron chi connectivity index (χ1n) is 7.00. The smallest absolute Gasteiger partial charge is 0.132 e. The van der Waals surface area contributed by atoms with Gasteiger partial charge in [0.05, 0.1) is 0 Å². The van der Waals surface area contributed by atoms with Crippen LogP contribution in [0.25, 0.3) is 0 Å². The minimum absolute atomic E-state index is 0.0619. The summed E-state index contributed by atoms with van der Waals surface area (Å²) in [6.45, 7) is 8.98. The number of hydrogen-bond acceptors (Lipinski definition) is 2. The molecule has 0 spiro atoms. The first-order chi connectivity index (χ1) is 7.87. The second-order valence-electron chi connectivity index (χ2n) is 6.46. The summed E-state index contributed by atoms with van der Waals surface area (Å²) < 4.78 is 0. The summed E-state index contributed by atoms with van der Waals surface area (Å²) in [7, 11) is 0. The van der Waals surface area contributed by atoms with Gasteiger partial charge in [0, 0.05) is 19.4 Å². The van der Waals surface area contributed by atoms with Gasteiger partial charge in [-0.2, -0.15) is 0 Å². The van der Waals surface area contributed by atoms with E-state index < -0.39 is 0 Å². The van der Waals surface area contributed by atoms with Gasteiger partial charge in [-0.25, -0.2) is 0 Å². The van der Waals surface area contributed by atoms with Gasteiger partial charge in [-0.15, -0.1) is 0 Å². The standard InChI is InChI=1S/C15H28O2/c1-5-13(17)8-6-7-12-9-10-15(4,11-16)14(12,2)3/h12,16H,5-11H2,1-4H3/t12-,15?/m1/s1. The van der Waals surface area contributed by atoms with E-state index in [-0.39, 0.29) is 17.4 Å². The maximum absolute atomic E-state index is 11.3. The average molecular weight is 240 g/mol. The number of carbonyl (C=O) groups is 1. The van der Waals surface area contributed by atoms with Crippen LogP contribution in [0.1, 0.15) is 66.2 Å². The Labute approximate surface area is 106 Å². The summed E-state index contributed by atoms with van der Waals surface area (Å²) in [5.74, 6) is 1.04. The van der Waals surface area contributed by atoms with Gasteiger partial charge < -0.3 is 5.11 Å². The predicted molar refractivity (Wildman–Crippen MR) is 70.8 cm³/mol. The van der Waals surface area contributed by atoms with Gasteiger partial charge in [-0.05, 0) is 42.4 Å². The third kappa shape index (κ3) is 2.90. The molecule has 1 unspecified atom stereocenters. The third-order valence-corrected chi connectivity index (χ3v) is 5.37. The monoisotopic (exact) mass is 240 g/mol. The molecule has 1 aliphatic rings. The van der Waals surface area contributed by atoms with Crippen molar-refractivity contribution >= 4 is 5.78 Å². The minimum Gasteiger partial charge on any atom is -0.396 e. The SMILES string of the molecule is CCC(=O)CCC[C@@H]1CCC(C)(CO)C1(C)C. The van der Waals surface area contributed by atoms with Crippen LogP contribution in [0, 0.1) is 16.7 Å². The number of aliphatic hydroxyl groups excluding tert-OH is 1. The van der Waals surface area contributed by atoms with Crippen LogP contribution in [0.4, 0.5) is 0 Å². The third-order valence-electron chi connectivity index (χ3n) is 5.37. The molecule has 2 atom stereocenters. The fourth-order valence-electron chi connectivity index (χ4n) is 3.18. The van der Waals surface area contributed by atoms with E-state index in [0.29, 0.717) is 18.1 Å². The molecule has 0 heterocycles. The molecule has 100 valence electrons. The zero-order valence-electron chi connectivity index (χ0n) is 11.9. The Morgan fingerprint density at radius 2 is 2.00 bits per heavy atom. The molecule has 2 heteroatoms. The summed E-state index contributed by atoms with van der Waals surface area (Å²) in [5.41, 5.74) is 0.253. The molecule has 1 fully saturated rings. The molecule has 0 bridgehead atoms. The number of carbonyl (C=O) groups excluding carboxylic acids is 1. The van der Waals surface area contributed by atoms with Crippen LogP contribution in [-0.2, 0) is 4.79 Å². The lowest BCUT2D eigenvalue weighted by molar-refractivity contribution is -0.118. The summed E-state index contributed by atoms with van der Waals surface area (Å²) >= 11 is 0. The van der Waals surface area contributed by atoms with Crippen molar-refractivity contribution in [2.24, 2.45) is 16.7 Å². The highest BCUT2D eigenvalue weighted by Crippen LogP contribution is 2.56. The Bertz CT molecular complexity index is 270. The van der Waals surface area contributed by atoms with Crippen LogP contribution < -0.4 is 0 Å². The first-order valence-corrected chi connectivity index (χ1v) is 7.00. The summed E-state index contributed by atoms with van der Waals surface area (Å²) in [4.78, 5) is 11.3. The van der Waals surface area contributed by atoms with Crippen molar-refractivity contribution in [2.45, 2.75) is 66.2 Å². The van der Waals surface area contributed by atoms with E-state index in [4.69, 9.17) is 0 Å². The van der Waals surface area contributed by atoms with Crippen molar-refractivity contribution in [3.63, 3.8) is 0 Å². The predicted octanol–water partition coefficient (Wildman–Crippen LogP) is 3.57. The van der Waals surface area contributed by atoms with E-state index in [1.54, 1.807) is 0 Å². The van der Waals surface area contributed by atoms with Crippen LogP contribution in [0.3, 0.4) is 0 Å². The Morgan fingerprint density at radius 3 is 2.47 bits per heavy atom. The maximum Gasteiger partial charge on any atom is 0.132 e. The van der Waals surface area contributed by atoms with Crippen LogP contribution in [0.2, 0.25) is 0 Å². The highest BCUT2D eigenvalue weighted by molar-refractivity contribution is 5.77. The Hall–Kier alpha value is -0.370. The molecule has 2 nitrogen and oxygen atoms in total. The minimum atomic E-state index is 0.0619. The molecule has 1 saturated carbocycles. The average Bonchev–Trinajstić information content (AvgIpc) is 2.52. The van der Waals surface area contributed by atoms with Crippen LogP contribution in [0.5, 0.6) is 0 Å². The number of ketones is 1. The van der Waals surface area contributed by atoms with E-state index >= 15 is 0 Å². The molecule has 0 amide bonds. The zero-order valence-corrected chi connectivity index (χ0v) is 11.9. The molecular formula is C15H28O2. The molecule has 0 radical (unpaired) electrons. The van der Waals surface area contributed by atoms with Gasteiger partial charge in [0.15, 0.2) is 0 Å². The normalized spacial score (nSPS) is 31.7. The van der Waals surface area contributed by atoms with Crippen LogP contribution in [0.15, 0.2) is 0 Å². The van der Waals surface area contributed by atoms with Crippen molar-refractivity contribution in [1.29, 1.82) is 0 Å². The van der Waals surface area contributed by atoms with Gasteiger partial charge in [-0.3, -0.25) is 4.79 Å². The summed E-state index contributed by atoms with van der Waals surface area (Å²) in [6, 6.07) is 0. The second kappa shape index (κ2) is 5.51.